The summed E-state index contributed by atoms with van der Waals surface area (Å²) in [5.74, 6) is -1.40. The van der Waals surface area contributed by atoms with Crippen molar-refractivity contribution >= 4 is 11.9 Å². The summed E-state index contributed by atoms with van der Waals surface area (Å²) >= 11 is 0. The van der Waals surface area contributed by atoms with Gasteiger partial charge in [-0.15, -0.1) is 0 Å². The molecule has 0 radical (unpaired) electrons. The van der Waals surface area contributed by atoms with E-state index in [2.05, 4.69) is 6.58 Å². The summed E-state index contributed by atoms with van der Waals surface area (Å²) in [6, 6.07) is 0. The van der Waals surface area contributed by atoms with Crippen LogP contribution in [0.5, 0.6) is 0 Å². The second-order valence-corrected chi connectivity index (χ2v) is 3.17. The van der Waals surface area contributed by atoms with Crippen LogP contribution in [0.15, 0.2) is 12.7 Å². The van der Waals surface area contributed by atoms with Crippen LogP contribution >= 0.6 is 0 Å². The Bertz CT molecular complexity index is 237. The van der Waals surface area contributed by atoms with E-state index in [1.165, 1.54) is 11.0 Å². The number of aliphatic carboxylic acids is 1. The molecule has 4 nitrogen and oxygen atoms in total. The van der Waals surface area contributed by atoms with Gasteiger partial charge in [-0.2, -0.15) is 0 Å². The molecule has 72 valence electrons. The van der Waals surface area contributed by atoms with Gasteiger partial charge in [0.05, 0.1) is 5.92 Å². The summed E-state index contributed by atoms with van der Waals surface area (Å²) in [7, 11) is 0. The number of carboxylic acid groups (broad SMARTS) is 1. The Morgan fingerprint density at radius 3 is 2.77 bits per heavy atom. The standard InChI is InChI=1S/C9H13NO3/c1-2-8(11)10-5-3-4-7(6-10)9(12)13/h2,7H,1,3-6H2,(H,12,13)/t7-/m1/s1. The molecule has 0 saturated carbocycles. The molecule has 4 heteroatoms. The quantitative estimate of drug-likeness (QED) is 0.634. The number of rotatable bonds is 2. The normalized spacial score (nSPS) is 22.5. The number of piperidine rings is 1. The van der Waals surface area contributed by atoms with E-state index in [9.17, 15) is 9.59 Å². The molecule has 1 saturated heterocycles. The predicted octanol–water partition coefficient (Wildman–Crippen LogP) is 0.496. The molecule has 0 aromatic rings. The fraction of sp³-hybridized carbons (Fsp3) is 0.556. The molecule has 0 spiro atoms. The van der Waals surface area contributed by atoms with E-state index in [0.717, 1.165) is 6.42 Å². The van der Waals surface area contributed by atoms with E-state index in [4.69, 9.17) is 5.11 Å². The van der Waals surface area contributed by atoms with Gasteiger partial charge < -0.3 is 10.0 Å². The number of carbonyl (C=O) groups is 2. The third-order valence-corrected chi connectivity index (χ3v) is 2.26. The Hall–Kier alpha value is -1.32. The van der Waals surface area contributed by atoms with Crippen LogP contribution < -0.4 is 0 Å². The highest BCUT2D eigenvalue weighted by atomic mass is 16.4. The molecular weight excluding hydrogens is 170 g/mol. The Morgan fingerprint density at radius 2 is 2.23 bits per heavy atom. The number of likely N-dealkylation sites (tertiary alicyclic amines) is 1. The first-order chi connectivity index (χ1) is 6.15. The molecule has 0 aliphatic carbocycles. The minimum absolute atomic E-state index is 0.175. The second-order valence-electron chi connectivity index (χ2n) is 3.17. The zero-order valence-corrected chi connectivity index (χ0v) is 7.40. The SMILES string of the molecule is C=CC(=O)N1CCC[C@@H](C(=O)O)C1. The first kappa shape index (κ1) is 9.77. The Morgan fingerprint density at radius 1 is 1.54 bits per heavy atom. The summed E-state index contributed by atoms with van der Waals surface area (Å²) in [5.41, 5.74) is 0. The average molecular weight is 183 g/mol. The average Bonchev–Trinajstić information content (AvgIpc) is 2.17. The Balaban J connectivity index is 2.56. The summed E-state index contributed by atoms with van der Waals surface area (Å²) in [6.07, 6.45) is 2.65. The van der Waals surface area contributed by atoms with Gasteiger partial charge in [0.15, 0.2) is 0 Å². The first-order valence-electron chi connectivity index (χ1n) is 4.29. The highest BCUT2D eigenvalue weighted by Crippen LogP contribution is 2.16. The maximum atomic E-state index is 11.1. The monoisotopic (exact) mass is 183 g/mol. The third-order valence-electron chi connectivity index (χ3n) is 2.26. The summed E-state index contributed by atoms with van der Waals surface area (Å²) in [5, 5.41) is 8.75. The molecule has 1 aliphatic heterocycles. The van der Waals surface area contributed by atoms with Gasteiger partial charge in [0.25, 0.3) is 0 Å². The van der Waals surface area contributed by atoms with Crippen LogP contribution in [0.25, 0.3) is 0 Å². The fourth-order valence-electron chi connectivity index (χ4n) is 1.51. The maximum absolute atomic E-state index is 11.1. The fourth-order valence-corrected chi connectivity index (χ4v) is 1.51. The summed E-state index contributed by atoms with van der Waals surface area (Å²) < 4.78 is 0. The molecule has 1 aliphatic rings. The van der Waals surface area contributed by atoms with Crippen LogP contribution in [0.3, 0.4) is 0 Å². The maximum Gasteiger partial charge on any atom is 0.308 e. The lowest BCUT2D eigenvalue weighted by molar-refractivity contribution is -0.144. The van der Waals surface area contributed by atoms with Crippen molar-refractivity contribution in [2.45, 2.75) is 12.8 Å². The van der Waals surface area contributed by atoms with E-state index in [-0.39, 0.29) is 5.91 Å². The summed E-state index contributed by atoms with van der Waals surface area (Å²) in [6.45, 7) is 4.33. The minimum Gasteiger partial charge on any atom is -0.481 e. The predicted molar refractivity (Wildman–Crippen MR) is 47.1 cm³/mol. The van der Waals surface area contributed by atoms with Crippen LogP contribution in [0.1, 0.15) is 12.8 Å². The second kappa shape index (κ2) is 4.07. The number of carbonyl (C=O) groups excluding carboxylic acids is 1. The minimum atomic E-state index is -0.818. The van der Waals surface area contributed by atoms with Crippen molar-refractivity contribution in [3.63, 3.8) is 0 Å². The summed E-state index contributed by atoms with van der Waals surface area (Å²) in [4.78, 5) is 23.3. The van der Waals surface area contributed by atoms with Crippen molar-refractivity contribution in [1.82, 2.24) is 4.90 Å². The van der Waals surface area contributed by atoms with Crippen molar-refractivity contribution in [2.75, 3.05) is 13.1 Å². The zero-order chi connectivity index (χ0) is 9.84. The topological polar surface area (TPSA) is 57.6 Å². The first-order valence-corrected chi connectivity index (χ1v) is 4.29. The van der Waals surface area contributed by atoms with Gasteiger partial charge in [-0.1, -0.05) is 6.58 Å². The molecule has 1 fully saturated rings. The number of nitrogens with zero attached hydrogens (tertiary/aromatic N) is 1. The zero-order valence-electron chi connectivity index (χ0n) is 7.40. The van der Waals surface area contributed by atoms with Crippen molar-refractivity contribution in [1.29, 1.82) is 0 Å². The lowest BCUT2D eigenvalue weighted by Crippen LogP contribution is -2.41. The van der Waals surface area contributed by atoms with Gasteiger partial charge in [-0.25, -0.2) is 0 Å². The van der Waals surface area contributed by atoms with Crippen molar-refractivity contribution in [3.8, 4) is 0 Å². The number of hydrogen-bond donors (Lipinski definition) is 1. The van der Waals surface area contributed by atoms with Gasteiger partial charge in [0.2, 0.25) is 5.91 Å². The van der Waals surface area contributed by atoms with E-state index in [1.54, 1.807) is 0 Å². The smallest absolute Gasteiger partial charge is 0.308 e. The van der Waals surface area contributed by atoms with Crippen LogP contribution in [0, 0.1) is 5.92 Å². The highest BCUT2D eigenvalue weighted by Gasteiger charge is 2.26. The largest absolute Gasteiger partial charge is 0.481 e. The Kier molecular flexibility index (Phi) is 3.06. The highest BCUT2D eigenvalue weighted by molar-refractivity contribution is 5.87. The number of hydrogen-bond acceptors (Lipinski definition) is 2. The Labute approximate surface area is 76.8 Å². The van der Waals surface area contributed by atoms with Crippen LogP contribution in [0.2, 0.25) is 0 Å². The van der Waals surface area contributed by atoms with E-state index in [0.29, 0.717) is 19.5 Å². The van der Waals surface area contributed by atoms with E-state index >= 15 is 0 Å². The van der Waals surface area contributed by atoms with Gasteiger partial charge in [-0.05, 0) is 18.9 Å². The molecular formula is C9H13NO3. The van der Waals surface area contributed by atoms with Gasteiger partial charge in [-0.3, -0.25) is 9.59 Å². The molecule has 13 heavy (non-hydrogen) atoms. The molecule has 1 atom stereocenters. The van der Waals surface area contributed by atoms with Crippen molar-refractivity contribution in [3.05, 3.63) is 12.7 Å². The van der Waals surface area contributed by atoms with Crippen LogP contribution in [0.4, 0.5) is 0 Å². The van der Waals surface area contributed by atoms with Crippen molar-refractivity contribution in [2.24, 2.45) is 5.92 Å². The van der Waals surface area contributed by atoms with Gasteiger partial charge in [0, 0.05) is 13.1 Å². The van der Waals surface area contributed by atoms with Gasteiger partial charge >= 0.3 is 5.97 Å². The number of amides is 1. The molecule has 1 heterocycles. The number of carboxylic acids is 1. The molecule has 1 N–H and O–H groups in total. The molecule has 0 bridgehead atoms. The van der Waals surface area contributed by atoms with Crippen LogP contribution in [-0.4, -0.2) is 35.0 Å². The molecule has 1 rings (SSSR count). The lowest BCUT2D eigenvalue weighted by atomic mass is 9.98. The lowest BCUT2D eigenvalue weighted by Gasteiger charge is -2.29. The molecule has 0 aromatic heterocycles. The van der Waals surface area contributed by atoms with E-state index < -0.39 is 11.9 Å². The van der Waals surface area contributed by atoms with Gasteiger partial charge in [0.1, 0.15) is 0 Å². The van der Waals surface area contributed by atoms with Crippen molar-refractivity contribution < 1.29 is 14.7 Å². The third kappa shape index (κ3) is 2.31. The molecule has 0 aromatic carbocycles. The molecule has 1 amide bonds. The molecule has 0 unspecified atom stereocenters. The van der Waals surface area contributed by atoms with E-state index in [1.807, 2.05) is 0 Å². The van der Waals surface area contributed by atoms with Crippen LogP contribution in [-0.2, 0) is 9.59 Å².